The van der Waals surface area contributed by atoms with Crippen molar-refractivity contribution in [2.75, 3.05) is 0 Å². The average molecular weight is 277 g/mol. The van der Waals surface area contributed by atoms with Gasteiger partial charge in [-0.15, -0.1) is 12.4 Å². The lowest BCUT2D eigenvalue weighted by Gasteiger charge is -1.99. The quantitative estimate of drug-likeness (QED) is 0.728. The van der Waals surface area contributed by atoms with Gasteiger partial charge in [-0.1, -0.05) is 0 Å². The standard InChI is InChI=1S/C13H8N2O3.ClH/c16-12(9-2-1-5-14-7-9)8-3-4-10-11(6-8)18-13(17)15-10;/h1-7H,(H,15,17);1H. The summed E-state index contributed by atoms with van der Waals surface area (Å²) in [5, 5.41) is 0. The van der Waals surface area contributed by atoms with Gasteiger partial charge in [0.1, 0.15) is 0 Å². The molecule has 3 rings (SSSR count). The van der Waals surface area contributed by atoms with E-state index in [0.29, 0.717) is 22.2 Å². The number of hydrogen-bond acceptors (Lipinski definition) is 4. The molecule has 0 saturated heterocycles. The van der Waals surface area contributed by atoms with Gasteiger partial charge in [0.2, 0.25) is 0 Å². The van der Waals surface area contributed by atoms with Crippen molar-refractivity contribution >= 4 is 29.3 Å². The summed E-state index contributed by atoms with van der Waals surface area (Å²) in [6.07, 6.45) is 3.10. The third-order valence-corrected chi connectivity index (χ3v) is 2.61. The average Bonchev–Trinajstić information content (AvgIpc) is 2.78. The molecule has 0 saturated carbocycles. The highest BCUT2D eigenvalue weighted by Crippen LogP contribution is 2.15. The van der Waals surface area contributed by atoms with Crippen LogP contribution in [0, 0.1) is 0 Å². The number of nitrogens with zero attached hydrogens (tertiary/aromatic N) is 1. The number of aromatic nitrogens is 2. The fourth-order valence-corrected chi connectivity index (χ4v) is 1.75. The third-order valence-electron chi connectivity index (χ3n) is 2.61. The van der Waals surface area contributed by atoms with Crippen LogP contribution in [0.4, 0.5) is 0 Å². The molecular formula is C13H9ClN2O3. The number of fused-ring (bicyclic) bond motifs is 1. The van der Waals surface area contributed by atoms with Crippen molar-refractivity contribution in [2.45, 2.75) is 0 Å². The van der Waals surface area contributed by atoms with Gasteiger partial charge in [-0.3, -0.25) is 14.8 Å². The number of hydrogen-bond donors (Lipinski definition) is 1. The maximum atomic E-state index is 12.1. The van der Waals surface area contributed by atoms with Gasteiger partial charge in [0, 0.05) is 23.5 Å². The first-order valence-electron chi connectivity index (χ1n) is 5.31. The Morgan fingerprint density at radius 1 is 1.21 bits per heavy atom. The molecule has 0 unspecified atom stereocenters. The molecule has 0 aliphatic rings. The predicted octanol–water partition coefficient (Wildman–Crippen LogP) is 2.17. The zero-order valence-corrected chi connectivity index (χ0v) is 10.4. The molecule has 5 nitrogen and oxygen atoms in total. The molecule has 96 valence electrons. The van der Waals surface area contributed by atoms with Crippen LogP contribution >= 0.6 is 12.4 Å². The molecule has 0 aliphatic heterocycles. The van der Waals surface area contributed by atoms with Gasteiger partial charge < -0.3 is 4.42 Å². The van der Waals surface area contributed by atoms with Crippen LogP contribution in [-0.2, 0) is 0 Å². The molecule has 0 radical (unpaired) electrons. The molecule has 1 N–H and O–H groups in total. The molecule has 0 fully saturated rings. The lowest BCUT2D eigenvalue weighted by molar-refractivity contribution is 0.103. The summed E-state index contributed by atoms with van der Waals surface area (Å²) in [6.45, 7) is 0. The van der Waals surface area contributed by atoms with E-state index in [4.69, 9.17) is 4.42 Å². The number of halogens is 1. The molecule has 0 spiro atoms. The minimum absolute atomic E-state index is 0. The maximum Gasteiger partial charge on any atom is 0.417 e. The van der Waals surface area contributed by atoms with Gasteiger partial charge in [0.05, 0.1) is 5.52 Å². The fraction of sp³-hybridized carbons (Fsp3) is 0. The number of ketones is 1. The minimum atomic E-state index is -0.532. The Bertz CT molecular complexity index is 777. The van der Waals surface area contributed by atoms with E-state index in [1.165, 1.54) is 6.20 Å². The highest BCUT2D eigenvalue weighted by Gasteiger charge is 2.11. The number of carbonyl (C=O) groups excluding carboxylic acids is 1. The van der Waals surface area contributed by atoms with Crippen LogP contribution < -0.4 is 5.76 Å². The third kappa shape index (κ3) is 2.41. The topological polar surface area (TPSA) is 76.0 Å². The Kier molecular flexibility index (Phi) is 3.48. The van der Waals surface area contributed by atoms with Crippen LogP contribution in [0.2, 0.25) is 0 Å². The van der Waals surface area contributed by atoms with Crippen molar-refractivity contribution in [1.82, 2.24) is 9.97 Å². The molecule has 6 heteroatoms. The normalized spacial score (nSPS) is 10.1. The molecule has 19 heavy (non-hydrogen) atoms. The van der Waals surface area contributed by atoms with Gasteiger partial charge in [-0.2, -0.15) is 0 Å². The SMILES string of the molecule is Cl.O=C(c1cccnc1)c1ccc2[nH]c(=O)oc2c1. The summed E-state index contributed by atoms with van der Waals surface area (Å²) < 4.78 is 4.92. The highest BCUT2D eigenvalue weighted by molar-refractivity contribution is 6.09. The second-order valence-corrected chi connectivity index (χ2v) is 3.80. The Labute approximate surface area is 113 Å². The summed E-state index contributed by atoms with van der Waals surface area (Å²) in [7, 11) is 0. The number of pyridine rings is 1. The molecule has 2 heterocycles. The number of H-pyrrole nitrogens is 1. The van der Waals surface area contributed by atoms with Gasteiger partial charge in [-0.25, -0.2) is 4.79 Å². The van der Waals surface area contributed by atoms with Crippen molar-refractivity contribution in [3.63, 3.8) is 0 Å². The van der Waals surface area contributed by atoms with E-state index >= 15 is 0 Å². The first-order valence-corrected chi connectivity index (χ1v) is 5.31. The second-order valence-electron chi connectivity index (χ2n) is 3.80. The highest BCUT2D eigenvalue weighted by atomic mass is 35.5. The molecule has 3 aromatic rings. The molecular weight excluding hydrogens is 268 g/mol. The van der Waals surface area contributed by atoms with Gasteiger partial charge in [0.25, 0.3) is 0 Å². The molecule has 0 amide bonds. The number of benzene rings is 1. The van der Waals surface area contributed by atoms with E-state index in [0.717, 1.165) is 0 Å². The van der Waals surface area contributed by atoms with Crippen molar-refractivity contribution in [3.05, 3.63) is 64.4 Å². The smallest absolute Gasteiger partial charge is 0.408 e. The Morgan fingerprint density at radius 2 is 2.05 bits per heavy atom. The van der Waals surface area contributed by atoms with E-state index in [-0.39, 0.29) is 18.2 Å². The lowest BCUT2D eigenvalue weighted by atomic mass is 10.0. The van der Waals surface area contributed by atoms with Gasteiger partial charge in [0.15, 0.2) is 11.4 Å². The number of rotatable bonds is 2. The summed E-state index contributed by atoms with van der Waals surface area (Å²) in [5.74, 6) is -0.690. The summed E-state index contributed by atoms with van der Waals surface area (Å²) in [5.41, 5.74) is 1.89. The van der Waals surface area contributed by atoms with E-state index in [2.05, 4.69) is 9.97 Å². The predicted molar refractivity (Wildman–Crippen MR) is 71.8 cm³/mol. The van der Waals surface area contributed by atoms with Gasteiger partial charge in [-0.05, 0) is 30.3 Å². The zero-order valence-electron chi connectivity index (χ0n) is 9.62. The largest absolute Gasteiger partial charge is 0.417 e. The van der Waals surface area contributed by atoms with Crippen molar-refractivity contribution in [3.8, 4) is 0 Å². The van der Waals surface area contributed by atoms with E-state index in [1.54, 1.807) is 36.5 Å². The number of oxazole rings is 1. The Balaban J connectivity index is 0.00000133. The van der Waals surface area contributed by atoms with Crippen LogP contribution in [-0.4, -0.2) is 15.8 Å². The maximum absolute atomic E-state index is 12.1. The monoisotopic (exact) mass is 276 g/mol. The second kappa shape index (κ2) is 5.07. The lowest BCUT2D eigenvalue weighted by Crippen LogP contribution is -2.01. The molecule has 0 bridgehead atoms. The number of carbonyl (C=O) groups is 1. The van der Waals surface area contributed by atoms with Crippen LogP contribution in [0.15, 0.2) is 51.9 Å². The zero-order chi connectivity index (χ0) is 12.5. The van der Waals surface area contributed by atoms with Crippen LogP contribution in [0.5, 0.6) is 0 Å². The first-order chi connectivity index (χ1) is 8.74. The Hall–Kier alpha value is -2.40. The first kappa shape index (κ1) is 13.0. The number of aromatic amines is 1. The van der Waals surface area contributed by atoms with Crippen molar-refractivity contribution in [2.24, 2.45) is 0 Å². The van der Waals surface area contributed by atoms with Crippen LogP contribution in [0.25, 0.3) is 11.1 Å². The minimum Gasteiger partial charge on any atom is -0.408 e. The van der Waals surface area contributed by atoms with Crippen molar-refractivity contribution < 1.29 is 9.21 Å². The molecule has 1 aromatic carbocycles. The van der Waals surface area contributed by atoms with Gasteiger partial charge >= 0.3 is 5.76 Å². The summed E-state index contributed by atoms with van der Waals surface area (Å²) >= 11 is 0. The van der Waals surface area contributed by atoms with E-state index in [9.17, 15) is 9.59 Å². The Morgan fingerprint density at radius 3 is 2.79 bits per heavy atom. The van der Waals surface area contributed by atoms with Crippen molar-refractivity contribution in [1.29, 1.82) is 0 Å². The van der Waals surface area contributed by atoms with E-state index in [1.807, 2.05) is 0 Å². The molecule has 0 aliphatic carbocycles. The molecule has 2 aromatic heterocycles. The number of nitrogens with one attached hydrogen (secondary N) is 1. The fourth-order valence-electron chi connectivity index (χ4n) is 1.75. The summed E-state index contributed by atoms with van der Waals surface area (Å²) in [4.78, 5) is 29.6. The van der Waals surface area contributed by atoms with Crippen LogP contribution in [0.3, 0.4) is 0 Å². The van der Waals surface area contributed by atoms with Crippen LogP contribution in [0.1, 0.15) is 15.9 Å². The van der Waals surface area contributed by atoms with E-state index < -0.39 is 5.76 Å². The molecule has 0 atom stereocenters. The summed E-state index contributed by atoms with van der Waals surface area (Å²) in [6, 6.07) is 8.21.